The minimum Gasteiger partial charge on any atom is -0.497 e. The Balaban J connectivity index is 0.00000225. The second kappa shape index (κ2) is 8.82. The molecule has 0 saturated carbocycles. The Kier molecular flexibility index (Phi) is 6.78. The highest BCUT2D eigenvalue weighted by molar-refractivity contribution is 5.92. The highest BCUT2D eigenvalue weighted by atomic mass is 35.5. The molecule has 0 aliphatic carbocycles. The maximum atomic E-state index is 12.4. The Hall–Kier alpha value is -2.12. The van der Waals surface area contributed by atoms with Crippen molar-refractivity contribution in [2.24, 2.45) is 0 Å². The lowest BCUT2D eigenvalue weighted by Crippen LogP contribution is -2.29. The van der Waals surface area contributed by atoms with Crippen LogP contribution in [0.25, 0.3) is 0 Å². The third-order valence-corrected chi connectivity index (χ3v) is 4.39. The van der Waals surface area contributed by atoms with Crippen molar-refractivity contribution < 1.29 is 9.53 Å². The van der Waals surface area contributed by atoms with E-state index < -0.39 is 0 Å². The standard InChI is InChI=1S/C17H23N5O2.ClH/c1-12(13-3-5-15(24-2)6-4-13)19-17(23)16-11-22(21-20-16)14-7-9-18-10-8-14;/h3-6,11-12,14,18H,7-10H2,1-2H3,(H,19,23);1H. The monoisotopic (exact) mass is 365 g/mol. The van der Waals surface area contributed by atoms with Gasteiger partial charge in [0, 0.05) is 0 Å². The summed E-state index contributed by atoms with van der Waals surface area (Å²) in [5.41, 5.74) is 1.36. The van der Waals surface area contributed by atoms with Crippen LogP contribution in [0.15, 0.2) is 30.5 Å². The topological polar surface area (TPSA) is 81.1 Å². The van der Waals surface area contributed by atoms with Gasteiger partial charge in [0.15, 0.2) is 5.69 Å². The second-order valence-electron chi connectivity index (χ2n) is 6.03. The van der Waals surface area contributed by atoms with Crippen molar-refractivity contribution in [3.8, 4) is 5.75 Å². The van der Waals surface area contributed by atoms with Crippen LogP contribution in [0.3, 0.4) is 0 Å². The fourth-order valence-corrected chi connectivity index (χ4v) is 2.88. The van der Waals surface area contributed by atoms with Crippen molar-refractivity contribution in [3.05, 3.63) is 41.7 Å². The van der Waals surface area contributed by atoms with Crippen molar-refractivity contribution in [2.75, 3.05) is 20.2 Å². The number of carbonyl (C=O) groups is 1. The molecule has 1 aliphatic heterocycles. The molecule has 136 valence electrons. The molecule has 1 fully saturated rings. The Morgan fingerprint density at radius 3 is 2.64 bits per heavy atom. The fraction of sp³-hybridized carbons (Fsp3) is 0.471. The molecule has 0 bridgehead atoms. The van der Waals surface area contributed by atoms with Gasteiger partial charge >= 0.3 is 0 Å². The highest BCUT2D eigenvalue weighted by Gasteiger charge is 2.19. The number of halogens is 1. The van der Waals surface area contributed by atoms with E-state index >= 15 is 0 Å². The zero-order valence-electron chi connectivity index (χ0n) is 14.4. The van der Waals surface area contributed by atoms with E-state index in [1.54, 1.807) is 13.3 Å². The van der Waals surface area contributed by atoms with E-state index in [1.165, 1.54) is 0 Å². The van der Waals surface area contributed by atoms with Crippen LogP contribution in [0.5, 0.6) is 5.75 Å². The van der Waals surface area contributed by atoms with Crippen molar-refractivity contribution in [3.63, 3.8) is 0 Å². The maximum Gasteiger partial charge on any atom is 0.273 e. The average molecular weight is 366 g/mol. The number of nitrogens with one attached hydrogen (secondary N) is 2. The SMILES string of the molecule is COc1ccc(C(C)NC(=O)c2cn(C3CCNCC3)nn2)cc1.Cl. The molecule has 2 N–H and O–H groups in total. The van der Waals surface area contributed by atoms with Crippen molar-refractivity contribution >= 4 is 18.3 Å². The summed E-state index contributed by atoms with van der Waals surface area (Å²) in [5, 5.41) is 14.4. The number of hydrogen-bond donors (Lipinski definition) is 2. The van der Waals surface area contributed by atoms with E-state index in [1.807, 2.05) is 35.9 Å². The number of ether oxygens (including phenoxy) is 1. The van der Waals surface area contributed by atoms with Gasteiger partial charge in [-0.05, 0) is 50.6 Å². The molecule has 0 spiro atoms. The number of aromatic nitrogens is 3. The molecular formula is C17H24ClN5O2. The number of benzene rings is 1. The van der Waals surface area contributed by atoms with Gasteiger partial charge in [-0.15, -0.1) is 17.5 Å². The largest absolute Gasteiger partial charge is 0.497 e. The Bertz CT molecular complexity index is 683. The molecule has 1 aliphatic rings. The fourth-order valence-electron chi connectivity index (χ4n) is 2.88. The number of hydrogen-bond acceptors (Lipinski definition) is 5. The first-order valence-corrected chi connectivity index (χ1v) is 8.24. The lowest BCUT2D eigenvalue weighted by Gasteiger charge is -2.22. The van der Waals surface area contributed by atoms with Crippen molar-refractivity contribution in [2.45, 2.75) is 31.8 Å². The summed E-state index contributed by atoms with van der Waals surface area (Å²) >= 11 is 0. The predicted octanol–water partition coefficient (Wildman–Crippen LogP) is 2.12. The van der Waals surface area contributed by atoms with E-state index in [0.29, 0.717) is 11.7 Å². The molecule has 0 radical (unpaired) electrons. The summed E-state index contributed by atoms with van der Waals surface area (Å²) in [7, 11) is 1.63. The zero-order valence-corrected chi connectivity index (χ0v) is 15.3. The number of nitrogens with zero attached hydrogens (tertiary/aromatic N) is 3. The number of carbonyl (C=O) groups excluding carboxylic acids is 1. The molecular weight excluding hydrogens is 342 g/mol. The number of amides is 1. The Morgan fingerprint density at radius 2 is 2.00 bits per heavy atom. The lowest BCUT2D eigenvalue weighted by atomic mass is 10.1. The van der Waals surface area contributed by atoms with Crippen LogP contribution in [-0.2, 0) is 0 Å². The summed E-state index contributed by atoms with van der Waals surface area (Å²) in [6.45, 7) is 3.89. The minimum absolute atomic E-state index is 0. The van der Waals surface area contributed by atoms with Crippen LogP contribution in [0.1, 0.15) is 47.9 Å². The molecule has 1 aromatic heterocycles. The van der Waals surface area contributed by atoms with Crippen molar-refractivity contribution in [1.82, 2.24) is 25.6 Å². The molecule has 1 atom stereocenters. The quantitative estimate of drug-likeness (QED) is 0.848. The number of piperidine rings is 1. The molecule has 1 amide bonds. The number of methoxy groups -OCH3 is 1. The van der Waals surface area contributed by atoms with E-state index in [0.717, 1.165) is 37.2 Å². The Labute approximate surface area is 153 Å². The Morgan fingerprint density at radius 1 is 1.32 bits per heavy atom. The van der Waals surface area contributed by atoms with Gasteiger partial charge in [-0.25, -0.2) is 4.68 Å². The summed E-state index contributed by atoms with van der Waals surface area (Å²) in [6, 6.07) is 7.84. The minimum atomic E-state index is -0.210. The normalized spacial score (nSPS) is 15.9. The molecule has 3 rings (SSSR count). The van der Waals surface area contributed by atoms with Crippen LogP contribution in [0, 0.1) is 0 Å². The van der Waals surface area contributed by atoms with Crippen molar-refractivity contribution in [1.29, 1.82) is 0 Å². The third kappa shape index (κ3) is 4.70. The van der Waals surface area contributed by atoms with E-state index in [2.05, 4.69) is 20.9 Å². The smallest absolute Gasteiger partial charge is 0.273 e. The predicted molar refractivity (Wildman–Crippen MR) is 97.3 cm³/mol. The zero-order chi connectivity index (χ0) is 16.9. The number of rotatable bonds is 5. The third-order valence-electron chi connectivity index (χ3n) is 4.39. The second-order valence-corrected chi connectivity index (χ2v) is 6.03. The van der Waals surface area contributed by atoms with Crippen LogP contribution in [0.4, 0.5) is 0 Å². The van der Waals surface area contributed by atoms with E-state index in [4.69, 9.17) is 4.74 Å². The van der Waals surface area contributed by atoms with Crippen LogP contribution >= 0.6 is 12.4 Å². The average Bonchev–Trinajstić information content (AvgIpc) is 3.13. The van der Waals surface area contributed by atoms with Gasteiger partial charge in [-0.3, -0.25) is 4.79 Å². The first-order valence-electron chi connectivity index (χ1n) is 8.24. The summed E-state index contributed by atoms with van der Waals surface area (Å²) in [4.78, 5) is 12.4. The van der Waals surface area contributed by atoms with Gasteiger partial charge in [0.25, 0.3) is 5.91 Å². The molecule has 2 aromatic rings. The van der Waals surface area contributed by atoms with Gasteiger partial charge in [-0.2, -0.15) is 0 Å². The van der Waals surface area contributed by atoms with Gasteiger partial charge in [0.05, 0.1) is 25.4 Å². The first kappa shape index (κ1) is 19.2. The molecule has 2 heterocycles. The van der Waals surface area contributed by atoms with Crippen LogP contribution in [-0.4, -0.2) is 41.1 Å². The van der Waals surface area contributed by atoms with Crippen LogP contribution < -0.4 is 15.4 Å². The molecule has 8 heteroatoms. The molecule has 25 heavy (non-hydrogen) atoms. The van der Waals surface area contributed by atoms with E-state index in [9.17, 15) is 4.79 Å². The van der Waals surface area contributed by atoms with Gasteiger partial charge in [-0.1, -0.05) is 17.3 Å². The van der Waals surface area contributed by atoms with Gasteiger partial charge < -0.3 is 15.4 Å². The molecule has 7 nitrogen and oxygen atoms in total. The van der Waals surface area contributed by atoms with Gasteiger partial charge in [0.1, 0.15) is 5.75 Å². The molecule has 1 aromatic carbocycles. The highest BCUT2D eigenvalue weighted by Crippen LogP contribution is 2.19. The summed E-state index contributed by atoms with van der Waals surface area (Å²) in [5.74, 6) is 0.584. The molecule has 1 saturated heterocycles. The first-order chi connectivity index (χ1) is 11.7. The molecule has 1 unspecified atom stereocenters. The van der Waals surface area contributed by atoms with Crippen LogP contribution in [0.2, 0.25) is 0 Å². The summed E-state index contributed by atoms with van der Waals surface area (Å²) in [6.07, 6.45) is 3.76. The van der Waals surface area contributed by atoms with E-state index in [-0.39, 0.29) is 24.4 Å². The lowest BCUT2D eigenvalue weighted by molar-refractivity contribution is 0.0934. The summed E-state index contributed by atoms with van der Waals surface area (Å²) < 4.78 is 6.96. The maximum absolute atomic E-state index is 12.4. The van der Waals surface area contributed by atoms with Gasteiger partial charge in [0.2, 0.25) is 0 Å².